The van der Waals surface area contributed by atoms with Crippen LogP contribution in [0.5, 0.6) is 11.5 Å². The number of rotatable bonds is 3. The zero-order chi connectivity index (χ0) is 14.0. The Bertz CT molecular complexity index is 607. The molecular weight excluding hydrogens is 340 g/mol. The van der Waals surface area contributed by atoms with Crippen LogP contribution in [0.2, 0.25) is 5.02 Å². The molecular formula is C13H9BrClF2NO. The van der Waals surface area contributed by atoms with E-state index in [2.05, 4.69) is 15.9 Å². The van der Waals surface area contributed by atoms with Gasteiger partial charge in [-0.2, -0.15) is 0 Å². The molecule has 2 nitrogen and oxygen atoms in total. The van der Waals surface area contributed by atoms with Crippen LogP contribution in [0.1, 0.15) is 12.0 Å². The molecule has 0 radical (unpaired) electrons. The van der Waals surface area contributed by atoms with Gasteiger partial charge in [-0.15, -0.1) is 0 Å². The molecule has 0 fully saturated rings. The number of benzene rings is 2. The van der Waals surface area contributed by atoms with Crippen molar-refractivity contribution in [2.45, 2.75) is 6.43 Å². The van der Waals surface area contributed by atoms with E-state index < -0.39 is 6.43 Å². The second-order valence-electron chi connectivity index (χ2n) is 3.77. The van der Waals surface area contributed by atoms with Gasteiger partial charge in [0.25, 0.3) is 6.43 Å². The summed E-state index contributed by atoms with van der Waals surface area (Å²) in [6, 6.07) is 9.00. The summed E-state index contributed by atoms with van der Waals surface area (Å²) in [6.07, 6.45) is -2.67. The maximum Gasteiger partial charge on any atom is 0.267 e. The van der Waals surface area contributed by atoms with Gasteiger partial charge in [-0.25, -0.2) is 8.78 Å². The first kappa shape index (κ1) is 14.1. The van der Waals surface area contributed by atoms with E-state index in [-0.39, 0.29) is 17.0 Å². The predicted octanol–water partition coefficient (Wildman–Crippen LogP) is 5.41. The summed E-state index contributed by atoms with van der Waals surface area (Å²) < 4.78 is 32.0. The molecule has 0 aromatic heterocycles. The highest BCUT2D eigenvalue weighted by Crippen LogP contribution is 2.37. The lowest BCUT2D eigenvalue weighted by atomic mass is 10.2. The maximum atomic E-state index is 12.9. The lowest BCUT2D eigenvalue weighted by Gasteiger charge is -2.12. The molecule has 2 aromatic rings. The van der Waals surface area contributed by atoms with Crippen molar-refractivity contribution in [3.63, 3.8) is 0 Å². The number of anilines is 1. The fourth-order valence-electron chi connectivity index (χ4n) is 1.51. The SMILES string of the molecule is Nc1ccc(Oc2ccc(Br)cc2Cl)c(C(F)F)c1. The Hall–Kier alpha value is -1.33. The number of hydrogen-bond acceptors (Lipinski definition) is 2. The third kappa shape index (κ3) is 3.36. The number of nitrogen functional groups attached to an aromatic ring is 1. The highest BCUT2D eigenvalue weighted by atomic mass is 79.9. The highest BCUT2D eigenvalue weighted by molar-refractivity contribution is 9.10. The van der Waals surface area contributed by atoms with Gasteiger partial charge in [0.15, 0.2) is 0 Å². The minimum absolute atomic E-state index is 0.0356. The van der Waals surface area contributed by atoms with Crippen LogP contribution in [0, 0.1) is 0 Å². The number of halogens is 4. The largest absolute Gasteiger partial charge is 0.455 e. The molecule has 0 aliphatic rings. The van der Waals surface area contributed by atoms with Crippen molar-refractivity contribution in [2.75, 3.05) is 5.73 Å². The molecule has 0 atom stereocenters. The van der Waals surface area contributed by atoms with Crippen LogP contribution < -0.4 is 10.5 Å². The Labute approximate surface area is 122 Å². The van der Waals surface area contributed by atoms with Crippen LogP contribution in [0.25, 0.3) is 0 Å². The molecule has 0 spiro atoms. The molecule has 2 N–H and O–H groups in total. The number of hydrogen-bond donors (Lipinski definition) is 1. The van der Waals surface area contributed by atoms with Gasteiger partial charge in [-0.3, -0.25) is 0 Å². The smallest absolute Gasteiger partial charge is 0.267 e. The Kier molecular flexibility index (Phi) is 4.27. The minimum atomic E-state index is -2.67. The number of nitrogens with two attached hydrogens (primary N) is 1. The van der Waals surface area contributed by atoms with Crippen molar-refractivity contribution in [1.29, 1.82) is 0 Å². The predicted molar refractivity (Wildman–Crippen MR) is 75.0 cm³/mol. The van der Waals surface area contributed by atoms with Crippen molar-refractivity contribution in [3.05, 3.63) is 51.5 Å². The fourth-order valence-corrected chi connectivity index (χ4v) is 2.22. The van der Waals surface area contributed by atoms with E-state index in [0.29, 0.717) is 10.8 Å². The van der Waals surface area contributed by atoms with E-state index in [1.165, 1.54) is 18.2 Å². The standard InChI is InChI=1S/C13H9BrClF2NO/c14-7-1-3-12(10(15)5-7)19-11-4-2-8(18)6-9(11)13(16)17/h1-6,13H,18H2. The summed E-state index contributed by atoms with van der Waals surface area (Å²) in [6.45, 7) is 0. The molecule has 0 heterocycles. The third-order valence-corrected chi connectivity index (χ3v) is 3.17. The summed E-state index contributed by atoms with van der Waals surface area (Å²) in [5, 5.41) is 0.325. The van der Waals surface area contributed by atoms with Crippen molar-refractivity contribution >= 4 is 33.2 Å². The van der Waals surface area contributed by atoms with Crippen molar-refractivity contribution in [3.8, 4) is 11.5 Å². The molecule has 0 bridgehead atoms. The van der Waals surface area contributed by atoms with Crippen LogP contribution in [0.3, 0.4) is 0 Å². The van der Waals surface area contributed by atoms with E-state index in [1.807, 2.05) is 0 Å². The molecule has 0 aliphatic carbocycles. The highest BCUT2D eigenvalue weighted by Gasteiger charge is 2.16. The van der Waals surface area contributed by atoms with Gasteiger partial charge < -0.3 is 10.5 Å². The molecule has 2 rings (SSSR count). The number of ether oxygens (including phenoxy) is 1. The Balaban J connectivity index is 2.38. The van der Waals surface area contributed by atoms with Crippen LogP contribution in [-0.4, -0.2) is 0 Å². The monoisotopic (exact) mass is 347 g/mol. The Morgan fingerprint density at radius 3 is 2.42 bits per heavy atom. The van der Waals surface area contributed by atoms with Gasteiger partial charge in [0.2, 0.25) is 0 Å². The van der Waals surface area contributed by atoms with Crippen molar-refractivity contribution in [1.82, 2.24) is 0 Å². The third-order valence-electron chi connectivity index (χ3n) is 2.38. The summed E-state index contributed by atoms with van der Waals surface area (Å²) in [7, 11) is 0. The van der Waals surface area contributed by atoms with Gasteiger partial charge in [-0.05, 0) is 36.4 Å². The van der Waals surface area contributed by atoms with Crippen LogP contribution in [0.15, 0.2) is 40.9 Å². The molecule has 19 heavy (non-hydrogen) atoms. The second-order valence-corrected chi connectivity index (χ2v) is 5.10. The van der Waals surface area contributed by atoms with Gasteiger partial charge >= 0.3 is 0 Å². The normalized spacial score (nSPS) is 10.8. The van der Waals surface area contributed by atoms with Gasteiger partial charge in [-0.1, -0.05) is 27.5 Å². The molecule has 6 heteroatoms. The first-order chi connectivity index (χ1) is 8.97. The summed E-state index contributed by atoms with van der Waals surface area (Å²) in [5.41, 5.74) is 5.48. The Morgan fingerprint density at radius 2 is 1.79 bits per heavy atom. The molecule has 0 amide bonds. The number of alkyl halides is 2. The summed E-state index contributed by atoms with van der Waals surface area (Å²) in [5.74, 6) is 0.338. The molecule has 0 saturated heterocycles. The van der Waals surface area contributed by atoms with Crippen molar-refractivity contribution in [2.24, 2.45) is 0 Å². The van der Waals surface area contributed by atoms with Gasteiger partial charge in [0, 0.05) is 10.2 Å². The van der Waals surface area contributed by atoms with E-state index in [1.54, 1.807) is 18.2 Å². The van der Waals surface area contributed by atoms with Crippen LogP contribution in [-0.2, 0) is 0 Å². The first-order valence-electron chi connectivity index (χ1n) is 5.28. The molecule has 2 aromatic carbocycles. The summed E-state index contributed by atoms with van der Waals surface area (Å²) >= 11 is 9.23. The molecule has 0 aliphatic heterocycles. The van der Waals surface area contributed by atoms with Crippen LogP contribution in [0.4, 0.5) is 14.5 Å². The lowest BCUT2D eigenvalue weighted by Crippen LogP contribution is -1.95. The van der Waals surface area contributed by atoms with E-state index >= 15 is 0 Å². The summed E-state index contributed by atoms with van der Waals surface area (Å²) in [4.78, 5) is 0. The van der Waals surface area contributed by atoms with Gasteiger partial charge in [0.05, 0.1) is 10.6 Å². The van der Waals surface area contributed by atoms with E-state index in [0.717, 1.165) is 4.47 Å². The molecule has 0 unspecified atom stereocenters. The average Bonchev–Trinajstić information content (AvgIpc) is 2.34. The zero-order valence-corrected chi connectivity index (χ0v) is 11.9. The second kappa shape index (κ2) is 5.75. The quantitative estimate of drug-likeness (QED) is 0.752. The fraction of sp³-hybridized carbons (Fsp3) is 0.0769. The van der Waals surface area contributed by atoms with E-state index in [9.17, 15) is 8.78 Å². The topological polar surface area (TPSA) is 35.2 Å². The lowest BCUT2D eigenvalue weighted by molar-refractivity contribution is 0.148. The maximum absolute atomic E-state index is 12.9. The average molecular weight is 349 g/mol. The Morgan fingerprint density at radius 1 is 1.11 bits per heavy atom. The molecule has 100 valence electrons. The van der Waals surface area contributed by atoms with Gasteiger partial charge in [0.1, 0.15) is 11.5 Å². The van der Waals surface area contributed by atoms with Crippen molar-refractivity contribution < 1.29 is 13.5 Å². The minimum Gasteiger partial charge on any atom is -0.455 e. The van der Waals surface area contributed by atoms with E-state index in [4.69, 9.17) is 22.1 Å². The van der Waals surface area contributed by atoms with Crippen LogP contribution >= 0.6 is 27.5 Å². The first-order valence-corrected chi connectivity index (χ1v) is 6.45. The molecule has 0 saturated carbocycles. The zero-order valence-electron chi connectivity index (χ0n) is 9.54.